The Labute approximate surface area is 119 Å². The maximum absolute atomic E-state index is 12.0. The van der Waals surface area contributed by atoms with Gasteiger partial charge in [-0.3, -0.25) is 14.6 Å². The van der Waals surface area contributed by atoms with Crippen LogP contribution in [-0.4, -0.2) is 30.1 Å². The summed E-state index contributed by atoms with van der Waals surface area (Å²) in [7, 11) is 3.06. The van der Waals surface area contributed by atoms with Gasteiger partial charge in [0.2, 0.25) is 0 Å². The van der Waals surface area contributed by atoms with Gasteiger partial charge in [-0.1, -0.05) is 6.07 Å². The van der Waals surface area contributed by atoms with Gasteiger partial charge in [-0.05, 0) is 48.7 Å². The number of hydrogen-bond donors (Lipinski definition) is 0. The van der Waals surface area contributed by atoms with Gasteiger partial charge in [-0.15, -0.1) is 0 Å². The van der Waals surface area contributed by atoms with E-state index in [4.69, 9.17) is 4.84 Å². The molecule has 1 amide bonds. The Kier molecular flexibility index (Phi) is 4.15. The number of rotatable bonds is 3. The second-order valence-electron chi connectivity index (χ2n) is 4.71. The van der Waals surface area contributed by atoms with E-state index < -0.39 is 0 Å². The molecular weight excluding hydrogens is 252 g/mol. The van der Waals surface area contributed by atoms with Crippen LogP contribution in [0.4, 0.5) is 0 Å². The number of carbonyl (C=O) groups excluding carboxylic acids is 1. The van der Waals surface area contributed by atoms with E-state index in [1.165, 1.54) is 12.2 Å². The summed E-state index contributed by atoms with van der Waals surface area (Å²) in [6.07, 6.45) is 3.63. The predicted molar refractivity (Wildman–Crippen MR) is 78.2 cm³/mol. The maximum atomic E-state index is 12.0. The van der Waals surface area contributed by atoms with Crippen molar-refractivity contribution in [3.8, 4) is 11.1 Å². The van der Waals surface area contributed by atoms with E-state index in [1.807, 2.05) is 44.3 Å². The lowest BCUT2D eigenvalue weighted by Gasteiger charge is -2.15. The Morgan fingerprint density at radius 1 is 1.15 bits per heavy atom. The van der Waals surface area contributed by atoms with Gasteiger partial charge in [0.25, 0.3) is 5.91 Å². The standard InChI is InChI=1S/C16H18N2O2/c1-11-7-8-17-10-15(11)14-6-5-13(9-12(14)2)16(19)18(3)20-4/h5-10H,1-4H3. The minimum Gasteiger partial charge on any atom is -0.274 e. The van der Waals surface area contributed by atoms with E-state index in [1.54, 1.807) is 13.2 Å². The monoisotopic (exact) mass is 270 g/mol. The molecule has 0 aliphatic heterocycles. The molecule has 1 aromatic carbocycles. The summed E-state index contributed by atoms with van der Waals surface area (Å²) in [5.41, 5.74) is 4.99. The van der Waals surface area contributed by atoms with Gasteiger partial charge in [0.15, 0.2) is 0 Å². The number of amides is 1. The molecule has 2 rings (SSSR count). The summed E-state index contributed by atoms with van der Waals surface area (Å²) in [5.74, 6) is -0.162. The van der Waals surface area contributed by atoms with E-state index >= 15 is 0 Å². The van der Waals surface area contributed by atoms with Gasteiger partial charge < -0.3 is 0 Å². The average molecular weight is 270 g/mol. The lowest BCUT2D eigenvalue weighted by Crippen LogP contribution is -2.25. The largest absolute Gasteiger partial charge is 0.277 e. The minimum atomic E-state index is -0.162. The molecule has 2 aromatic rings. The van der Waals surface area contributed by atoms with Crippen molar-refractivity contribution in [3.63, 3.8) is 0 Å². The molecule has 0 fully saturated rings. The van der Waals surface area contributed by atoms with Crippen molar-refractivity contribution in [2.24, 2.45) is 0 Å². The van der Waals surface area contributed by atoms with Crippen LogP contribution < -0.4 is 0 Å². The number of benzene rings is 1. The van der Waals surface area contributed by atoms with Crippen LogP contribution in [0.3, 0.4) is 0 Å². The summed E-state index contributed by atoms with van der Waals surface area (Å²) < 4.78 is 0. The summed E-state index contributed by atoms with van der Waals surface area (Å²) in [5, 5.41) is 1.21. The van der Waals surface area contributed by atoms with Crippen molar-refractivity contribution in [2.45, 2.75) is 13.8 Å². The Morgan fingerprint density at radius 3 is 2.50 bits per heavy atom. The van der Waals surface area contributed by atoms with Gasteiger partial charge in [-0.2, -0.15) is 0 Å². The predicted octanol–water partition coefficient (Wildman–Crippen LogP) is 3.00. The molecule has 0 aliphatic carbocycles. The van der Waals surface area contributed by atoms with Gasteiger partial charge in [-0.25, -0.2) is 5.06 Å². The molecule has 20 heavy (non-hydrogen) atoms. The molecule has 0 spiro atoms. The number of nitrogens with zero attached hydrogens (tertiary/aromatic N) is 2. The fourth-order valence-electron chi connectivity index (χ4n) is 2.11. The number of aromatic nitrogens is 1. The van der Waals surface area contributed by atoms with Crippen LogP contribution in [0.25, 0.3) is 11.1 Å². The highest BCUT2D eigenvalue weighted by Crippen LogP contribution is 2.26. The van der Waals surface area contributed by atoms with E-state index in [2.05, 4.69) is 4.98 Å². The van der Waals surface area contributed by atoms with E-state index in [9.17, 15) is 4.79 Å². The average Bonchev–Trinajstić information content (AvgIpc) is 2.46. The first-order valence-corrected chi connectivity index (χ1v) is 6.38. The third-order valence-electron chi connectivity index (χ3n) is 3.36. The van der Waals surface area contributed by atoms with Crippen molar-refractivity contribution >= 4 is 5.91 Å². The van der Waals surface area contributed by atoms with E-state index in [0.717, 1.165) is 22.3 Å². The molecule has 1 aromatic heterocycles. The van der Waals surface area contributed by atoms with Crippen LogP contribution in [0.5, 0.6) is 0 Å². The van der Waals surface area contributed by atoms with E-state index in [-0.39, 0.29) is 5.91 Å². The topological polar surface area (TPSA) is 42.4 Å². The summed E-state index contributed by atoms with van der Waals surface area (Å²) in [4.78, 5) is 21.1. The van der Waals surface area contributed by atoms with Crippen LogP contribution >= 0.6 is 0 Å². The molecular formula is C16H18N2O2. The molecule has 4 nitrogen and oxygen atoms in total. The van der Waals surface area contributed by atoms with Crippen molar-refractivity contribution < 1.29 is 9.63 Å². The molecule has 4 heteroatoms. The molecule has 0 atom stereocenters. The van der Waals surface area contributed by atoms with Crippen LogP contribution in [0.15, 0.2) is 36.7 Å². The third-order valence-corrected chi connectivity index (χ3v) is 3.36. The zero-order chi connectivity index (χ0) is 14.7. The van der Waals surface area contributed by atoms with Gasteiger partial charge in [0.1, 0.15) is 0 Å². The van der Waals surface area contributed by atoms with Crippen LogP contribution in [0.2, 0.25) is 0 Å². The molecule has 0 saturated heterocycles. The first kappa shape index (κ1) is 14.2. The smallest absolute Gasteiger partial charge is 0.274 e. The molecule has 0 radical (unpaired) electrons. The molecule has 0 saturated carbocycles. The maximum Gasteiger partial charge on any atom is 0.277 e. The van der Waals surface area contributed by atoms with Crippen LogP contribution in [-0.2, 0) is 4.84 Å². The summed E-state index contributed by atoms with van der Waals surface area (Å²) in [6, 6.07) is 7.62. The molecule has 1 heterocycles. The highest BCUT2D eigenvalue weighted by molar-refractivity contribution is 5.94. The molecule has 0 bridgehead atoms. The molecule has 0 aliphatic rings. The van der Waals surface area contributed by atoms with Crippen LogP contribution in [0, 0.1) is 13.8 Å². The van der Waals surface area contributed by atoms with Gasteiger partial charge in [0.05, 0.1) is 7.11 Å². The number of hydrogen-bond acceptors (Lipinski definition) is 3. The normalized spacial score (nSPS) is 10.4. The first-order valence-electron chi connectivity index (χ1n) is 6.38. The number of pyridine rings is 1. The highest BCUT2D eigenvalue weighted by atomic mass is 16.7. The Morgan fingerprint density at radius 2 is 1.90 bits per heavy atom. The van der Waals surface area contributed by atoms with Crippen LogP contribution in [0.1, 0.15) is 21.5 Å². The third kappa shape index (κ3) is 2.70. The summed E-state index contributed by atoms with van der Waals surface area (Å²) >= 11 is 0. The summed E-state index contributed by atoms with van der Waals surface area (Å²) in [6.45, 7) is 4.04. The molecule has 0 N–H and O–H groups in total. The van der Waals surface area contributed by atoms with Gasteiger partial charge in [0, 0.05) is 30.6 Å². The van der Waals surface area contributed by atoms with Crippen molar-refractivity contribution in [1.29, 1.82) is 0 Å². The fourth-order valence-corrected chi connectivity index (χ4v) is 2.11. The first-order chi connectivity index (χ1) is 9.54. The lowest BCUT2D eigenvalue weighted by atomic mass is 9.96. The number of hydroxylamine groups is 2. The Bertz CT molecular complexity index is 638. The fraction of sp³-hybridized carbons (Fsp3) is 0.250. The van der Waals surface area contributed by atoms with Crippen molar-refractivity contribution in [1.82, 2.24) is 10.0 Å². The Hall–Kier alpha value is -2.20. The van der Waals surface area contributed by atoms with E-state index in [0.29, 0.717) is 5.56 Å². The molecule has 0 unspecified atom stereocenters. The minimum absolute atomic E-state index is 0.162. The van der Waals surface area contributed by atoms with Crippen molar-refractivity contribution in [2.75, 3.05) is 14.2 Å². The second-order valence-corrected chi connectivity index (χ2v) is 4.71. The van der Waals surface area contributed by atoms with Crippen molar-refractivity contribution in [3.05, 3.63) is 53.3 Å². The zero-order valence-corrected chi connectivity index (χ0v) is 12.2. The quantitative estimate of drug-likeness (QED) is 0.805. The molecule has 104 valence electrons. The number of aryl methyl sites for hydroxylation is 2. The zero-order valence-electron chi connectivity index (χ0n) is 12.2. The second kappa shape index (κ2) is 5.84. The van der Waals surface area contributed by atoms with Gasteiger partial charge >= 0.3 is 0 Å². The highest BCUT2D eigenvalue weighted by Gasteiger charge is 2.13. The SMILES string of the molecule is CON(C)C(=O)c1ccc(-c2cnccc2C)c(C)c1. The number of carbonyl (C=O) groups is 1. The Balaban J connectivity index is 2.41. The lowest BCUT2D eigenvalue weighted by molar-refractivity contribution is -0.0757.